The number of carbonyl (C=O) groups excluding carboxylic acids is 2. The molecular formula is C21H31N5O2Se. The molecule has 0 saturated carbocycles. The normalized spacial score (nSPS) is 10.7. The number of unbranched alkanes of at least 4 members (excludes halogenated alkanes) is 2. The van der Waals surface area contributed by atoms with Gasteiger partial charge in [0.1, 0.15) is 0 Å². The predicted molar refractivity (Wildman–Crippen MR) is 118 cm³/mol. The van der Waals surface area contributed by atoms with Crippen molar-refractivity contribution in [2.75, 3.05) is 20.1 Å². The molecule has 2 heterocycles. The second-order valence-corrected chi connectivity index (χ2v) is 8.09. The van der Waals surface area contributed by atoms with Gasteiger partial charge in [-0.3, -0.25) is 4.79 Å². The molecule has 29 heavy (non-hydrogen) atoms. The van der Waals surface area contributed by atoms with Gasteiger partial charge in [0.05, 0.1) is 0 Å². The van der Waals surface area contributed by atoms with E-state index in [0.717, 1.165) is 47.7 Å². The van der Waals surface area contributed by atoms with Gasteiger partial charge in [-0.1, -0.05) is 20.3 Å². The van der Waals surface area contributed by atoms with Crippen molar-refractivity contribution >= 4 is 48.6 Å². The number of nitrogens with one attached hydrogen (secondary N) is 2. The number of rotatable bonds is 10. The van der Waals surface area contributed by atoms with Gasteiger partial charge in [0.15, 0.2) is 0 Å². The number of carbonyl (C=O) groups is 2. The molecule has 0 saturated heterocycles. The van der Waals surface area contributed by atoms with Gasteiger partial charge in [0.25, 0.3) is 0 Å². The molecule has 8 heteroatoms. The van der Waals surface area contributed by atoms with E-state index in [1.165, 1.54) is 6.42 Å². The predicted octanol–water partition coefficient (Wildman–Crippen LogP) is 2.52. The molecule has 158 valence electrons. The third-order valence-corrected chi connectivity index (χ3v) is 5.50. The fraction of sp³-hybridized carbons (Fsp3) is 0.524. The van der Waals surface area contributed by atoms with Crippen LogP contribution in [-0.4, -0.2) is 59.3 Å². The van der Waals surface area contributed by atoms with Crippen molar-refractivity contribution in [2.24, 2.45) is 0 Å². The van der Waals surface area contributed by atoms with Crippen LogP contribution in [-0.2, 0) is 16.1 Å². The second kappa shape index (κ2) is 12.5. The summed E-state index contributed by atoms with van der Waals surface area (Å²) in [5.74, 6) is 0.227. The summed E-state index contributed by atoms with van der Waals surface area (Å²) in [5, 5.41) is 6.91. The number of fused-ring (bicyclic) bond motifs is 3. The SMILES string of the molecule is CCC.CNC(=O)CCCCCNCC(=O)Cn1ccc2ccc3n[se]nc3c21. The van der Waals surface area contributed by atoms with Gasteiger partial charge >= 0.3 is 129 Å². The Morgan fingerprint density at radius 1 is 1.10 bits per heavy atom. The van der Waals surface area contributed by atoms with E-state index < -0.39 is 0 Å². The van der Waals surface area contributed by atoms with E-state index in [9.17, 15) is 9.59 Å². The number of hydrogen-bond donors (Lipinski definition) is 2. The zero-order valence-electron chi connectivity index (χ0n) is 17.5. The van der Waals surface area contributed by atoms with Crippen LogP contribution in [0.15, 0.2) is 24.4 Å². The zero-order valence-corrected chi connectivity index (χ0v) is 19.2. The van der Waals surface area contributed by atoms with Crippen molar-refractivity contribution in [3.63, 3.8) is 0 Å². The van der Waals surface area contributed by atoms with Crippen molar-refractivity contribution in [1.29, 1.82) is 0 Å². The van der Waals surface area contributed by atoms with Crippen LogP contribution in [0, 0.1) is 0 Å². The number of ketones is 1. The summed E-state index contributed by atoms with van der Waals surface area (Å²) >= 11 is -0.0743. The number of Topliss-reactive ketones (excluding diaryl/α,β-unsaturated/α-hetero) is 1. The molecule has 2 aromatic heterocycles. The van der Waals surface area contributed by atoms with Crippen LogP contribution in [0.25, 0.3) is 21.9 Å². The summed E-state index contributed by atoms with van der Waals surface area (Å²) in [6, 6.07) is 6.05. The molecule has 2 N–H and O–H groups in total. The quantitative estimate of drug-likeness (QED) is 0.356. The standard InChI is InChI=1S/C18H23N5O2Se.C3H8/c1-19-16(25)5-3-2-4-9-20-11-14(24)12-23-10-8-13-6-7-15-17(18(13)23)22-26-21-15;1-3-2/h6-8,10,20H,2-5,9,11-12H2,1H3,(H,19,25);3H2,1-2H3. The molecule has 0 aliphatic heterocycles. The van der Waals surface area contributed by atoms with Crippen LogP contribution in [0.2, 0.25) is 0 Å². The van der Waals surface area contributed by atoms with Crippen LogP contribution < -0.4 is 10.6 Å². The molecule has 0 spiro atoms. The summed E-state index contributed by atoms with van der Waals surface area (Å²) in [6.45, 7) is 5.74. The Bertz CT molecular complexity index is 918. The Kier molecular flexibility index (Phi) is 10.0. The van der Waals surface area contributed by atoms with Crippen molar-refractivity contribution in [1.82, 2.24) is 23.2 Å². The van der Waals surface area contributed by atoms with E-state index in [-0.39, 0.29) is 26.7 Å². The first-order valence-electron chi connectivity index (χ1n) is 10.2. The molecule has 0 atom stereocenters. The van der Waals surface area contributed by atoms with Crippen LogP contribution in [0.3, 0.4) is 0 Å². The number of hydrogen-bond acceptors (Lipinski definition) is 5. The Morgan fingerprint density at radius 3 is 2.66 bits per heavy atom. The fourth-order valence-corrected chi connectivity index (χ4v) is 4.11. The van der Waals surface area contributed by atoms with Crippen LogP contribution >= 0.6 is 0 Å². The first-order chi connectivity index (χ1) is 14.1. The monoisotopic (exact) mass is 465 g/mol. The summed E-state index contributed by atoms with van der Waals surface area (Å²) in [4.78, 5) is 23.4. The van der Waals surface area contributed by atoms with E-state index >= 15 is 0 Å². The maximum absolute atomic E-state index is 12.3. The average molecular weight is 464 g/mol. The average Bonchev–Trinajstić information content (AvgIpc) is 3.34. The van der Waals surface area contributed by atoms with E-state index in [1.54, 1.807) is 7.05 Å². The van der Waals surface area contributed by atoms with Crippen LogP contribution in [0.5, 0.6) is 0 Å². The molecule has 3 aromatic rings. The van der Waals surface area contributed by atoms with Gasteiger partial charge in [-0.05, 0) is 0 Å². The number of nitrogens with zero attached hydrogens (tertiary/aromatic N) is 3. The second-order valence-electron chi connectivity index (χ2n) is 6.99. The first-order valence-corrected chi connectivity index (χ1v) is 11.8. The minimum atomic E-state index is -0.0743. The van der Waals surface area contributed by atoms with Gasteiger partial charge in [0, 0.05) is 13.5 Å². The summed E-state index contributed by atoms with van der Waals surface area (Å²) in [5.41, 5.74) is 2.86. The third kappa shape index (κ3) is 7.07. The van der Waals surface area contributed by atoms with Gasteiger partial charge < -0.3 is 5.32 Å². The van der Waals surface area contributed by atoms with Crippen LogP contribution in [0.4, 0.5) is 0 Å². The molecule has 0 unspecified atom stereocenters. The molecule has 1 amide bonds. The number of amides is 1. The van der Waals surface area contributed by atoms with Gasteiger partial charge in [0.2, 0.25) is 5.91 Å². The molecule has 7 nitrogen and oxygen atoms in total. The van der Waals surface area contributed by atoms with E-state index in [0.29, 0.717) is 19.5 Å². The Hall–Kier alpha value is -2.02. The summed E-state index contributed by atoms with van der Waals surface area (Å²) < 4.78 is 10.9. The first kappa shape index (κ1) is 23.3. The molecular weight excluding hydrogens is 433 g/mol. The van der Waals surface area contributed by atoms with E-state index in [2.05, 4.69) is 32.4 Å². The molecule has 0 bridgehead atoms. The molecule has 0 radical (unpaired) electrons. The van der Waals surface area contributed by atoms with Crippen LogP contribution in [0.1, 0.15) is 46.0 Å². The number of aromatic nitrogens is 3. The Morgan fingerprint density at radius 2 is 1.90 bits per heavy atom. The van der Waals surface area contributed by atoms with Gasteiger partial charge in [-0.2, -0.15) is 0 Å². The molecule has 3 rings (SSSR count). The summed E-state index contributed by atoms with van der Waals surface area (Å²) in [7, 11) is 1.65. The third-order valence-electron chi connectivity index (χ3n) is 4.36. The van der Waals surface area contributed by atoms with E-state index in [1.807, 2.05) is 29.0 Å². The molecule has 0 aliphatic carbocycles. The van der Waals surface area contributed by atoms with Crippen molar-refractivity contribution in [2.45, 2.75) is 52.5 Å². The van der Waals surface area contributed by atoms with Gasteiger partial charge in [-0.25, -0.2) is 0 Å². The maximum atomic E-state index is 12.3. The minimum absolute atomic E-state index is 0.0743. The van der Waals surface area contributed by atoms with Crippen molar-refractivity contribution in [3.05, 3.63) is 24.4 Å². The van der Waals surface area contributed by atoms with E-state index in [4.69, 9.17) is 0 Å². The Balaban J connectivity index is 0.000000941. The van der Waals surface area contributed by atoms with Gasteiger partial charge in [-0.15, -0.1) is 0 Å². The molecule has 1 aromatic carbocycles. The topological polar surface area (TPSA) is 88.9 Å². The fourth-order valence-electron chi connectivity index (χ4n) is 2.98. The molecule has 0 aliphatic rings. The zero-order chi connectivity index (χ0) is 21.1. The summed E-state index contributed by atoms with van der Waals surface area (Å²) in [6.07, 6.45) is 6.59. The van der Waals surface area contributed by atoms with Crippen molar-refractivity contribution < 1.29 is 9.59 Å². The Labute approximate surface area is 178 Å². The number of benzene rings is 1. The van der Waals surface area contributed by atoms with Crippen molar-refractivity contribution in [3.8, 4) is 0 Å². The molecule has 0 fully saturated rings.